The molecule has 1 aromatic heterocycles. The van der Waals surface area contributed by atoms with E-state index in [0.29, 0.717) is 11.8 Å². The van der Waals surface area contributed by atoms with Crippen LogP contribution in [0.5, 0.6) is 0 Å². The number of carbonyl (C=O) groups excluding carboxylic acids is 1. The summed E-state index contributed by atoms with van der Waals surface area (Å²) in [6.07, 6.45) is 4.02. The molecule has 2 heterocycles. The normalized spacial score (nSPS) is 16.9. The van der Waals surface area contributed by atoms with Crippen molar-refractivity contribution in [3.63, 3.8) is 0 Å². The van der Waals surface area contributed by atoms with Gasteiger partial charge in [0.1, 0.15) is 0 Å². The summed E-state index contributed by atoms with van der Waals surface area (Å²) in [5, 5.41) is 8.55. The van der Waals surface area contributed by atoms with Gasteiger partial charge in [-0.1, -0.05) is 19.9 Å². The number of hydrogen-bond acceptors (Lipinski definition) is 2. The second kappa shape index (κ2) is 5.51. The molecule has 0 radical (unpaired) electrons. The van der Waals surface area contributed by atoms with E-state index in [4.69, 9.17) is 0 Å². The van der Waals surface area contributed by atoms with Crippen LogP contribution in [-0.2, 0) is 4.79 Å². The number of piperidine rings is 1. The predicted octanol–water partition coefficient (Wildman–Crippen LogP) is 3.41. The zero-order valence-corrected chi connectivity index (χ0v) is 13.0. The molecule has 4 nitrogen and oxygen atoms in total. The Labute approximate surface area is 125 Å². The zero-order chi connectivity index (χ0) is 15.0. The summed E-state index contributed by atoms with van der Waals surface area (Å²) in [6.45, 7) is 7.84. The topological polar surface area (TPSA) is 49.0 Å². The van der Waals surface area contributed by atoms with Crippen molar-refractivity contribution in [3.05, 3.63) is 29.5 Å². The SMILES string of the molecule is CC(=O)N1CCC(c2cc(C(C)C)cc3[nH]ncc23)CC1. The highest BCUT2D eigenvalue weighted by molar-refractivity contribution is 5.83. The summed E-state index contributed by atoms with van der Waals surface area (Å²) in [5.41, 5.74) is 3.88. The maximum atomic E-state index is 11.5. The van der Waals surface area contributed by atoms with Gasteiger partial charge >= 0.3 is 0 Å². The summed E-state index contributed by atoms with van der Waals surface area (Å²) in [5.74, 6) is 1.23. The van der Waals surface area contributed by atoms with E-state index in [0.717, 1.165) is 31.4 Å². The third-order valence-corrected chi connectivity index (χ3v) is 4.66. The molecule has 0 unspecified atom stereocenters. The number of aromatic amines is 1. The minimum atomic E-state index is 0.192. The van der Waals surface area contributed by atoms with E-state index in [-0.39, 0.29) is 5.91 Å². The molecular formula is C17H23N3O. The number of nitrogens with one attached hydrogen (secondary N) is 1. The van der Waals surface area contributed by atoms with E-state index in [1.54, 1.807) is 6.92 Å². The van der Waals surface area contributed by atoms with Gasteiger partial charge in [-0.15, -0.1) is 0 Å². The number of fused-ring (bicyclic) bond motifs is 1. The van der Waals surface area contributed by atoms with Crippen molar-refractivity contribution in [2.24, 2.45) is 0 Å². The van der Waals surface area contributed by atoms with Crippen LogP contribution in [0.3, 0.4) is 0 Å². The Balaban J connectivity index is 1.93. The minimum absolute atomic E-state index is 0.192. The van der Waals surface area contributed by atoms with Gasteiger partial charge in [-0.25, -0.2) is 0 Å². The van der Waals surface area contributed by atoms with Crippen LogP contribution in [0.1, 0.15) is 56.6 Å². The molecule has 1 aromatic carbocycles. The molecule has 112 valence electrons. The number of nitrogens with zero attached hydrogens (tertiary/aromatic N) is 2. The second-order valence-corrected chi connectivity index (χ2v) is 6.38. The summed E-state index contributed by atoms with van der Waals surface area (Å²) in [7, 11) is 0. The van der Waals surface area contributed by atoms with Crippen LogP contribution in [0, 0.1) is 0 Å². The number of rotatable bonds is 2. The van der Waals surface area contributed by atoms with E-state index < -0.39 is 0 Å². The predicted molar refractivity (Wildman–Crippen MR) is 84.4 cm³/mol. The summed E-state index contributed by atoms with van der Waals surface area (Å²) in [4.78, 5) is 13.4. The minimum Gasteiger partial charge on any atom is -0.343 e. The molecule has 1 N–H and O–H groups in total. The van der Waals surface area contributed by atoms with Crippen molar-refractivity contribution in [2.45, 2.75) is 45.4 Å². The molecule has 0 bridgehead atoms. The fourth-order valence-electron chi connectivity index (χ4n) is 3.28. The third kappa shape index (κ3) is 2.67. The highest BCUT2D eigenvalue weighted by Crippen LogP contribution is 2.35. The second-order valence-electron chi connectivity index (χ2n) is 6.38. The van der Waals surface area contributed by atoms with Gasteiger partial charge in [0.2, 0.25) is 5.91 Å². The van der Waals surface area contributed by atoms with Gasteiger partial charge in [-0.05, 0) is 41.9 Å². The first kappa shape index (κ1) is 14.1. The van der Waals surface area contributed by atoms with Crippen LogP contribution in [0.25, 0.3) is 10.9 Å². The average Bonchev–Trinajstić information content (AvgIpc) is 2.94. The smallest absolute Gasteiger partial charge is 0.219 e. The van der Waals surface area contributed by atoms with Gasteiger partial charge in [-0.3, -0.25) is 9.89 Å². The fraction of sp³-hybridized carbons (Fsp3) is 0.529. The highest BCUT2D eigenvalue weighted by Gasteiger charge is 2.24. The lowest BCUT2D eigenvalue weighted by molar-refractivity contribution is -0.129. The number of hydrogen-bond donors (Lipinski definition) is 1. The summed E-state index contributed by atoms with van der Waals surface area (Å²) >= 11 is 0. The van der Waals surface area contributed by atoms with Gasteiger partial charge in [0.05, 0.1) is 11.7 Å². The van der Waals surface area contributed by atoms with Crippen LogP contribution < -0.4 is 0 Å². The highest BCUT2D eigenvalue weighted by atomic mass is 16.2. The standard InChI is InChI=1S/C17H23N3O/c1-11(2)14-8-15(16-10-18-19-17(16)9-14)13-4-6-20(7-5-13)12(3)21/h8-11,13H,4-7H2,1-3H3,(H,18,19). The van der Waals surface area contributed by atoms with Crippen LogP contribution in [0.15, 0.2) is 18.3 Å². The summed E-state index contributed by atoms with van der Waals surface area (Å²) in [6, 6.07) is 4.55. The Morgan fingerprint density at radius 1 is 1.33 bits per heavy atom. The molecule has 1 saturated heterocycles. The van der Waals surface area contributed by atoms with Gasteiger partial charge < -0.3 is 4.90 Å². The number of carbonyl (C=O) groups is 1. The number of benzene rings is 1. The summed E-state index contributed by atoms with van der Waals surface area (Å²) < 4.78 is 0. The number of aromatic nitrogens is 2. The molecule has 1 aliphatic heterocycles. The molecule has 1 fully saturated rings. The lowest BCUT2D eigenvalue weighted by Gasteiger charge is -2.32. The Morgan fingerprint density at radius 3 is 2.67 bits per heavy atom. The van der Waals surface area contributed by atoms with E-state index in [1.165, 1.54) is 16.5 Å². The van der Waals surface area contributed by atoms with Crippen LogP contribution in [0.2, 0.25) is 0 Å². The van der Waals surface area contributed by atoms with Crippen LogP contribution in [0.4, 0.5) is 0 Å². The first-order chi connectivity index (χ1) is 10.1. The third-order valence-electron chi connectivity index (χ3n) is 4.66. The van der Waals surface area contributed by atoms with E-state index in [9.17, 15) is 4.79 Å². The molecule has 21 heavy (non-hydrogen) atoms. The lowest BCUT2D eigenvalue weighted by atomic mass is 9.85. The molecule has 1 amide bonds. The van der Waals surface area contributed by atoms with E-state index in [2.05, 4.69) is 36.2 Å². The van der Waals surface area contributed by atoms with Crippen molar-refractivity contribution >= 4 is 16.8 Å². The maximum absolute atomic E-state index is 11.5. The number of amides is 1. The molecule has 0 saturated carbocycles. The molecule has 3 rings (SSSR count). The molecular weight excluding hydrogens is 262 g/mol. The maximum Gasteiger partial charge on any atom is 0.219 e. The quantitative estimate of drug-likeness (QED) is 0.919. The van der Waals surface area contributed by atoms with Crippen molar-refractivity contribution in [1.29, 1.82) is 0 Å². The molecule has 4 heteroatoms. The first-order valence-corrected chi connectivity index (χ1v) is 7.78. The van der Waals surface area contributed by atoms with E-state index >= 15 is 0 Å². The Hall–Kier alpha value is -1.84. The molecule has 0 aliphatic carbocycles. The van der Waals surface area contributed by atoms with E-state index in [1.807, 2.05) is 11.1 Å². The monoisotopic (exact) mass is 285 g/mol. The largest absolute Gasteiger partial charge is 0.343 e. The zero-order valence-electron chi connectivity index (χ0n) is 13.0. The van der Waals surface area contributed by atoms with Crippen molar-refractivity contribution in [1.82, 2.24) is 15.1 Å². The number of likely N-dealkylation sites (tertiary alicyclic amines) is 1. The van der Waals surface area contributed by atoms with Gasteiger partial charge in [0.15, 0.2) is 0 Å². The average molecular weight is 285 g/mol. The van der Waals surface area contributed by atoms with Crippen molar-refractivity contribution < 1.29 is 4.79 Å². The molecule has 0 atom stereocenters. The molecule has 2 aromatic rings. The fourth-order valence-corrected chi connectivity index (χ4v) is 3.28. The Bertz CT molecular complexity index is 651. The lowest BCUT2D eigenvalue weighted by Crippen LogP contribution is -2.36. The van der Waals surface area contributed by atoms with Crippen LogP contribution >= 0.6 is 0 Å². The Kier molecular flexibility index (Phi) is 3.70. The van der Waals surface area contributed by atoms with Crippen molar-refractivity contribution in [3.8, 4) is 0 Å². The number of H-pyrrole nitrogens is 1. The van der Waals surface area contributed by atoms with Gasteiger partial charge in [-0.2, -0.15) is 5.10 Å². The molecule has 0 spiro atoms. The van der Waals surface area contributed by atoms with Crippen molar-refractivity contribution in [2.75, 3.05) is 13.1 Å². The van der Waals surface area contributed by atoms with Gasteiger partial charge in [0.25, 0.3) is 0 Å². The van der Waals surface area contributed by atoms with Crippen LogP contribution in [-0.4, -0.2) is 34.1 Å². The first-order valence-electron chi connectivity index (χ1n) is 7.78. The van der Waals surface area contributed by atoms with Gasteiger partial charge in [0, 0.05) is 25.4 Å². The molecule has 1 aliphatic rings. The Morgan fingerprint density at radius 2 is 2.05 bits per heavy atom.